The van der Waals surface area contributed by atoms with Crippen LogP contribution >= 0.6 is 11.6 Å². The van der Waals surface area contributed by atoms with Gasteiger partial charge in [-0.05, 0) is 72.3 Å². The van der Waals surface area contributed by atoms with E-state index in [2.05, 4.69) is 0 Å². The van der Waals surface area contributed by atoms with Gasteiger partial charge in [-0.2, -0.15) is 8.42 Å². The fourth-order valence-electron chi connectivity index (χ4n) is 3.54. The number of rotatable bonds is 8. The van der Waals surface area contributed by atoms with Gasteiger partial charge in [0.05, 0.1) is 12.1 Å². The maximum absolute atomic E-state index is 14.5. The minimum atomic E-state index is -4.36. The lowest BCUT2D eigenvalue weighted by Gasteiger charge is -2.24. The van der Waals surface area contributed by atoms with Gasteiger partial charge in [0.2, 0.25) is 0 Å². The van der Waals surface area contributed by atoms with Crippen LogP contribution in [0, 0.1) is 17.5 Å². The lowest BCUT2D eigenvalue weighted by molar-refractivity contribution is 0.0724. The van der Waals surface area contributed by atoms with E-state index in [1.54, 1.807) is 0 Å². The van der Waals surface area contributed by atoms with E-state index in [1.165, 1.54) is 65.6 Å². The number of carbonyl (C=O) groups is 1. The Labute approximate surface area is 216 Å². The molecule has 0 saturated heterocycles. The summed E-state index contributed by atoms with van der Waals surface area (Å²) in [5.41, 5.74) is 0.563. The first-order chi connectivity index (χ1) is 17.6. The average molecular weight is 546 g/mol. The quantitative estimate of drug-likeness (QED) is 0.241. The number of benzene rings is 4. The number of amides is 1. The van der Waals surface area contributed by atoms with Crippen molar-refractivity contribution in [2.45, 2.75) is 18.0 Å². The monoisotopic (exact) mass is 545 g/mol. The Balaban J connectivity index is 1.70. The molecule has 0 N–H and O–H groups in total. The zero-order valence-electron chi connectivity index (χ0n) is 19.1. The Morgan fingerprint density at radius 1 is 0.811 bits per heavy atom. The van der Waals surface area contributed by atoms with Crippen molar-refractivity contribution < 1.29 is 30.6 Å². The molecule has 0 radical (unpaired) electrons. The van der Waals surface area contributed by atoms with E-state index < -0.39 is 33.5 Å². The van der Waals surface area contributed by atoms with Crippen molar-refractivity contribution in [2.24, 2.45) is 0 Å². The summed E-state index contributed by atoms with van der Waals surface area (Å²) >= 11 is 6.15. The Kier molecular flexibility index (Phi) is 7.85. The van der Waals surface area contributed by atoms with Gasteiger partial charge in [0.25, 0.3) is 5.91 Å². The van der Waals surface area contributed by atoms with E-state index in [0.717, 1.165) is 30.3 Å². The molecule has 0 aromatic heterocycles. The van der Waals surface area contributed by atoms with Gasteiger partial charge in [0.15, 0.2) is 0 Å². The van der Waals surface area contributed by atoms with E-state index in [1.807, 2.05) is 0 Å². The van der Waals surface area contributed by atoms with Crippen LogP contribution in [-0.2, 0) is 23.2 Å². The van der Waals surface area contributed by atoms with Crippen LogP contribution in [0.5, 0.6) is 5.75 Å². The molecule has 0 unspecified atom stereocenters. The van der Waals surface area contributed by atoms with Gasteiger partial charge in [0.1, 0.15) is 28.1 Å². The third-order valence-corrected chi connectivity index (χ3v) is 6.85. The largest absolute Gasteiger partial charge is 0.379 e. The average Bonchev–Trinajstić information content (AvgIpc) is 2.86. The predicted octanol–water partition coefficient (Wildman–Crippen LogP) is 6.37. The molecule has 0 spiro atoms. The van der Waals surface area contributed by atoms with Gasteiger partial charge in [0, 0.05) is 17.1 Å². The maximum atomic E-state index is 14.5. The second-order valence-electron chi connectivity index (χ2n) is 8.01. The SMILES string of the molecule is O=C(c1ccccc1F)N(Cc1ccc(F)cc1)Cc1cc(Cl)ccc1OS(=O)(=O)c1ccc(F)cc1. The van der Waals surface area contributed by atoms with Gasteiger partial charge in [-0.25, -0.2) is 13.2 Å². The summed E-state index contributed by atoms with van der Waals surface area (Å²) in [7, 11) is -4.36. The summed E-state index contributed by atoms with van der Waals surface area (Å²) in [6, 6.07) is 19.1. The van der Waals surface area contributed by atoms with E-state index in [9.17, 15) is 26.4 Å². The van der Waals surface area contributed by atoms with Crippen molar-refractivity contribution in [3.8, 4) is 5.75 Å². The highest BCUT2D eigenvalue weighted by Crippen LogP contribution is 2.29. The van der Waals surface area contributed by atoms with E-state index in [-0.39, 0.29) is 39.9 Å². The minimum absolute atomic E-state index is 0.0515. The Morgan fingerprint density at radius 2 is 1.43 bits per heavy atom. The Morgan fingerprint density at radius 3 is 2.08 bits per heavy atom. The van der Waals surface area contributed by atoms with Crippen molar-refractivity contribution in [1.82, 2.24) is 4.90 Å². The van der Waals surface area contributed by atoms with Gasteiger partial charge in [-0.3, -0.25) is 4.79 Å². The predicted molar refractivity (Wildman–Crippen MR) is 132 cm³/mol. The number of halogens is 4. The fraction of sp³-hybridized carbons (Fsp3) is 0.0741. The standard InChI is InChI=1S/C27H19ClF3NO4S/c28-20-7-14-26(36-37(34,35)23-12-10-22(30)11-13-23)19(15-20)17-32(16-18-5-8-21(29)9-6-18)27(33)24-3-1-2-4-25(24)31/h1-15H,16-17H2. The molecule has 4 aromatic rings. The molecule has 0 atom stereocenters. The van der Waals surface area contributed by atoms with Crippen molar-refractivity contribution in [2.75, 3.05) is 0 Å². The lowest BCUT2D eigenvalue weighted by atomic mass is 10.1. The second kappa shape index (κ2) is 11.1. The van der Waals surface area contributed by atoms with Crippen LogP contribution in [0.4, 0.5) is 13.2 Å². The van der Waals surface area contributed by atoms with E-state index >= 15 is 0 Å². The number of hydrogen-bond acceptors (Lipinski definition) is 4. The molecule has 37 heavy (non-hydrogen) atoms. The summed E-state index contributed by atoms with van der Waals surface area (Å²) < 4.78 is 72.1. The highest BCUT2D eigenvalue weighted by Gasteiger charge is 2.24. The molecule has 0 aliphatic heterocycles. The molecule has 0 bridgehead atoms. The second-order valence-corrected chi connectivity index (χ2v) is 9.99. The van der Waals surface area contributed by atoms with Gasteiger partial charge in [-0.1, -0.05) is 35.9 Å². The highest BCUT2D eigenvalue weighted by atomic mass is 35.5. The van der Waals surface area contributed by atoms with Crippen LogP contribution in [0.15, 0.2) is 95.9 Å². The first-order valence-electron chi connectivity index (χ1n) is 10.9. The molecule has 4 aromatic carbocycles. The first-order valence-corrected chi connectivity index (χ1v) is 12.7. The van der Waals surface area contributed by atoms with Crippen molar-refractivity contribution in [3.05, 3.63) is 130 Å². The van der Waals surface area contributed by atoms with E-state index in [0.29, 0.717) is 5.56 Å². The lowest BCUT2D eigenvalue weighted by Crippen LogP contribution is -2.31. The van der Waals surface area contributed by atoms with Crippen molar-refractivity contribution in [1.29, 1.82) is 0 Å². The van der Waals surface area contributed by atoms with Crippen molar-refractivity contribution in [3.63, 3.8) is 0 Å². The number of carbonyl (C=O) groups excluding carboxylic acids is 1. The van der Waals surface area contributed by atoms with Crippen LogP contribution in [0.25, 0.3) is 0 Å². The summed E-state index contributed by atoms with van der Waals surface area (Å²) in [6.07, 6.45) is 0. The van der Waals surface area contributed by atoms with E-state index in [4.69, 9.17) is 15.8 Å². The zero-order valence-corrected chi connectivity index (χ0v) is 20.6. The summed E-state index contributed by atoms with van der Waals surface area (Å²) in [5, 5.41) is 0.238. The normalized spacial score (nSPS) is 11.2. The third-order valence-electron chi connectivity index (χ3n) is 5.36. The van der Waals surface area contributed by atoms with Gasteiger partial charge >= 0.3 is 10.1 Å². The van der Waals surface area contributed by atoms with Crippen molar-refractivity contribution >= 4 is 27.6 Å². The molecule has 1 amide bonds. The summed E-state index contributed by atoms with van der Waals surface area (Å²) in [4.78, 5) is 14.3. The van der Waals surface area contributed by atoms with Crippen LogP contribution in [0.2, 0.25) is 5.02 Å². The topological polar surface area (TPSA) is 63.7 Å². The Bertz CT molecular complexity index is 1530. The molecule has 0 fully saturated rings. The summed E-state index contributed by atoms with van der Waals surface area (Å²) in [6.45, 7) is -0.274. The molecular formula is C27H19ClF3NO4S. The van der Waals surface area contributed by atoms with Crippen LogP contribution in [-0.4, -0.2) is 19.2 Å². The smallest absolute Gasteiger partial charge is 0.339 e. The highest BCUT2D eigenvalue weighted by molar-refractivity contribution is 7.87. The molecule has 0 saturated carbocycles. The van der Waals surface area contributed by atoms with Gasteiger partial charge < -0.3 is 9.08 Å². The molecule has 0 aliphatic carbocycles. The fourth-order valence-corrected chi connectivity index (χ4v) is 4.70. The summed E-state index contributed by atoms with van der Waals surface area (Å²) in [5.74, 6) is -2.63. The molecular weight excluding hydrogens is 527 g/mol. The number of nitrogens with zero attached hydrogens (tertiary/aromatic N) is 1. The molecule has 10 heteroatoms. The molecule has 0 heterocycles. The number of hydrogen-bond donors (Lipinski definition) is 0. The third kappa shape index (κ3) is 6.49. The minimum Gasteiger partial charge on any atom is -0.379 e. The first kappa shape index (κ1) is 26.2. The molecule has 190 valence electrons. The maximum Gasteiger partial charge on any atom is 0.339 e. The molecule has 4 rings (SSSR count). The zero-order chi connectivity index (χ0) is 26.6. The van der Waals surface area contributed by atoms with Crippen LogP contribution < -0.4 is 4.18 Å². The van der Waals surface area contributed by atoms with Gasteiger partial charge in [-0.15, -0.1) is 0 Å². The molecule has 5 nitrogen and oxygen atoms in total. The van der Waals surface area contributed by atoms with Crippen LogP contribution in [0.3, 0.4) is 0 Å². The van der Waals surface area contributed by atoms with Crippen LogP contribution in [0.1, 0.15) is 21.5 Å². The Hall–Kier alpha value is -3.82. The molecule has 0 aliphatic rings.